The minimum Gasteiger partial charge on any atom is -0.481 e. The van der Waals surface area contributed by atoms with Crippen molar-refractivity contribution in [1.29, 1.82) is 0 Å². The summed E-state index contributed by atoms with van der Waals surface area (Å²) in [4.78, 5) is 14.5. The van der Waals surface area contributed by atoms with Crippen molar-refractivity contribution in [1.82, 2.24) is 4.90 Å². The van der Waals surface area contributed by atoms with Gasteiger partial charge in [0.1, 0.15) is 5.82 Å². The minimum absolute atomic E-state index is 0.0799. The van der Waals surface area contributed by atoms with Gasteiger partial charge in [-0.25, -0.2) is 4.39 Å². The van der Waals surface area contributed by atoms with Crippen LogP contribution in [-0.4, -0.2) is 22.5 Å². The molecule has 1 aliphatic heterocycles. The van der Waals surface area contributed by atoms with Crippen molar-refractivity contribution in [3.8, 4) is 11.1 Å². The summed E-state index contributed by atoms with van der Waals surface area (Å²) in [6, 6.07) is 17.7. The van der Waals surface area contributed by atoms with Gasteiger partial charge in [0.05, 0.1) is 11.5 Å². The Bertz CT molecular complexity index is 1330. The third-order valence-electron chi connectivity index (χ3n) is 8.82. The van der Waals surface area contributed by atoms with E-state index in [0.717, 1.165) is 60.2 Å². The number of hydrogen-bond donors (Lipinski definition) is 1. The summed E-state index contributed by atoms with van der Waals surface area (Å²) in [5.41, 5.74) is 4.02. The zero-order valence-corrected chi connectivity index (χ0v) is 22.7. The van der Waals surface area contributed by atoms with Gasteiger partial charge in [-0.15, -0.1) is 0 Å². The molecule has 2 atom stereocenters. The van der Waals surface area contributed by atoms with Crippen LogP contribution >= 0.6 is 0 Å². The average molecular weight is 554 g/mol. The van der Waals surface area contributed by atoms with Crippen LogP contribution in [0, 0.1) is 17.2 Å². The van der Waals surface area contributed by atoms with Crippen molar-refractivity contribution >= 4 is 5.97 Å². The van der Waals surface area contributed by atoms with Crippen LogP contribution in [0.25, 0.3) is 11.1 Å². The number of alkyl halides is 3. The maximum absolute atomic E-state index is 13.8. The number of carbonyl (C=O) groups is 1. The van der Waals surface area contributed by atoms with Crippen LogP contribution in [-0.2, 0) is 23.9 Å². The first-order chi connectivity index (χ1) is 19.1. The maximum atomic E-state index is 13.8. The largest absolute Gasteiger partial charge is 0.481 e. The fourth-order valence-corrected chi connectivity index (χ4v) is 6.26. The SMILES string of the molecule is CCCC(Cc1cccc(-c2ccc(C(F)(F)F)cc2)c1CN1CCC2(CC2)CC1c1ccc(F)cc1)C(=O)O. The molecule has 40 heavy (non-hydrogen) atoms. The van der Waals surface area contributed by atoms with Crippen LogP contribution in [0.2, 0.25) is 0 Å². The van der Waals surface area contributed by atoms with Gasteiger partial charge in [0.15, 0.2) is 0 Å². The zero-order valence-electron chi connectivity index (χ0n) is 22.7. The van der Waals surface area contributed by atoms with Crippen LogP contribution in [0.1, 0.15) is 73.7 Å². The molecule has 3 nitrogen and oxygen atoms in total. The highest BCUT2D eigenvalue weighted by Crippen LogP contribution is 2.58. The van der Waals surface area contributed by atoms with Gasteiger partial charge < -0.3 is 5.11 Å². The number of halogens is 4. The highest BCUT2D eigenvalue weighted by atomic mass is 19.4. The number of nitrogens with zero attached hydrogens (tertiary/aromatic N) is 1. The lowest BCUT2D eigenvalue weighted by Gasteiger charge is -2.41. The summed E-state index contributed by atoms with van der Waals surface area (Å²) in [7, 11) is 0. The van der Waals surface area contributed by atoms with E-state index in [1.807, 2.05) is 37.3 Å². The quantitative estimate of drug-likeness (QED) is 0.270. The van der Waals surface area contributed by atoms with E-state index in [-0.39, 0.29) is 11.9 Å². The van der Waals surface area contributed by atoms with Crippen LogP contribution in [0.5, 0.6) is 0 Å². The molecule has 2 aliphatic rings. The summed E-state index contributed by atoms with van der Waals surface area (Å²) in [5, 5.41) is 9.90. The molecule has 0 radical (unpaired) electrons. The molecule has 1 aliphatic carbocycles. The van der Waals surface area contributed by atoms with E-state index in [1.165, 1.54) is 37.1 Å². The molecule has 3 aromatic rings. The molecule has 1 saturated carbocycles. The highest BCUT2D eigenvalue weighted by molar-refractivity contribution is 5.72. The number of rotatable bonds is 9. The fraction of sp³-hybridized carbons (Fsp3) is 0.424. The lowest BCUT2D eigenvalue weighted by Crippen LogP contribution is -2.37. The Morgan fingerprint density at radius 2 is 1.73 bits per heavy atom. The van der Waals surface area contributed by atoms with E-state index in [2.05, 4.69) is 4.90 Å². The van der Waals surface area contributed by atoms with Crippen molar-refractivity contribution in [2.24, 2.45) is 11.3 Å². The number of likely N-dealkylation sites (tertiary alicyclic amines) is 1. The molecule has 2 unspecified atom stereocenters. The number of piperidine rings is 1. The summed E-state index contributed by atoms with van der Waals surface area (Å²) >= 11 is 0. The van der Waals surface area contributed by atoms with Gasteiger partial charge >= 0.3 is 12.1 Å². The first-order valence-corrected chi connectivity index (χ1v) is 14.1. The summed E-state index contributed by atoms with van der Waals surface area (Å²) in [6.07, 6.45) is 1.65. The van der Waals surface area contributed by atoms with Crippen LogP contribution in [0.15, 0.2) is 66.7 Å². The number of aliphatic carboxylic acids is 1. The van der Waals surface area contributed by atoms with Crippen molar-refractivity contribution in [3.05, 3.63) is 94.8 Å². The molecule has 1 heterocycles. The van der Waals surface area contributed by atoms with Crippen molar-refractivity contribution in [3.63, 3.8) is 0 Å². The third kappa shape index (κ3) is 6.25. The fourth-order valence-electron chi connectivity index (χ4n) is 6.26. The molecular formula is C33H35F4NO2. The molecule has 1 spiro atoms. The Labute approximate surface area is 232 Å². The predicted octanol–water partition coefficient (Wildman–Crippen LogP) is 8.67. The lowest BCUT2D eigenvalue weighted by atomic mass is 9.83. The van der Waals surface area contributed by atoms with Gasteiger partial charge in [0, 0.05) is 12.6 Å². The molecule has 7 heteroatoms. The van der Waals surface area contributed by atoms with Gasteiger partial charge in [0.2, 0.25) is 0 Å². The van der Waals surface area contributed by atoms with Crippen LogP contribution in [0.3, 0.4) is 0 Å². The van der Waals surface area contributed by atoms with E-state index < -0.39 is 23.6 Å². The normalized spacial score (nSPS) is 19.5. The Morgan fingerprint density at radius 3 is 2.33 bits per heavy atom. The smallest absolute Gasteiger partial charge is 0.416 e. The van der Waals surface area contributed by atoms with Gasteiger partial charge in [-0.05, 0) is 103 Å². The van der Waals surface area contributed by atoms with Crippen molar-refractivity contribution in [2.75, 3.05) is 6.54 Å². The molecular weight excluding hydrogens is 518 g/mol. The van der Waals surface area contributed by atoms with Gasteiger partial charge in [0.25, 0.3) is 0 Å². The van der Waals surface area contributed by atoms with Crippen LogP contribution in [0.4, 0.5) is 17.6 Å². The van der Waals surface area contributed by atoms with E-state index in [1.54, 1.807) is 0 Å². The Kier molecular flexibility index (Phi) is 8.05. The van der Waals surface area contributed by atoms with E-state index in [9.17, 15) is 27.5 Å². The van der Waals surface area contributed by atoms with Crippen LogP contribution < -0.4 is 0 Å². The molecule has 1 saturated heterocycles. The maximum Gasteiger partial charge on any atom is 0.416 e. The lowest BCUT2D eigenvalue weighted by molar-refractivity contribution is -0.142. The van der Waals surface area contributed by atoms with Gasteiger partial charge in [-0.1, -0.05) is 55.8 Å². The number of carboxylic acids is 1. The average Bonchev–Trinajstić information content (AvgIpc) is 3.68. The van der Waals surface area contributed by atoms with Crippen molar-refractivity contribution in [2.45, 2.75) is 70.6 Å². The van der Waals surface area contributed by atoms with E-state index in [4.69, 9.17) is 0 Å². The monoisotopic (exact) mass is 553 g/mol. The molecule has 0 amide bonds. The van der Waals surface area contributed by atoms with E-state index in [0.29, 0.717) is 30.4 Å². The Balaban J connectivity index is 1.55. The standard InChI is InChI=1S/C33H35F4NO2/c1-2-4-25(31(39)40)19-24-5-3-6-28(22-7-11-26(12-8-22)33(35,36)37)29(24)21-38-18-17-32(15-16-32)20-30(38)23-9-13-27(34)14-10-23/h3,5-14,25,30H,2,4,15-21H2,1H3,(H,39,40). The highest BCUT2D eigenvalue weighted by Gasteiger charge is 2.48. The second kappa shape index (κ2) is 11.4. The Morgan fingerprint density at radius 1 is 1.02 bits per heavy atom. The first-order valence-electron chi connectivity index (χ1n) is 14.1. The molecule has 0 aromatic heterocycles. The summed E-state index contributed by atoms with van der Waals surface area (Å²) in [5.74, 6) is -1.67. The second-order valence-corrected chi connectivity index (χ2v) is 11.5. The summed E-state index contributed by atoms with van der Waals surface area (Å²) in [6.45, 7) is 3.34. The van der Waals surface area contributed by atoms with E-state index >= 15 is 0 Å². The minimum atomic E-state index is -4.42. The first kappa shape index (κ1) is 28.3. The number of carboxylic acid groups (broad SMARTS) is 1. The molecule has 2 fully saturated rings. The molecule has 212 valence electrons. The van der Waals surface area contributed by atoms with Gasteiger partial charge in [-0.3, -0.25) is 9.69 Å². The predicted molar refractivity (Wildman–Crippen MR) is 147 cm³/mol. The third-order valence-corrected chi connectivity index (χ3v) is 8.82. The molecule has 1 N–H and O–H groups in total. The zero-order chi connectivity index (χ0) is 28.5. The summed E-state index contributed by atoms with van der Waals surface area (Å²) < 4.78 is 53.6. The number of benzene rings is 3. The topological polar surface area (TPSA) is 40.5 Å². The molecule has 5 rings (SSSR count). The molecule has 0 bridgehead atoms. The molecule has 3 aromatic carbocycles. The second-order valence-electron chi connectivity index (χ2n) is 11.5. The Hall–Kier alpha value is -3.19. The van der Waals surface area contributed by atoms with Gasteiger partial charge in [-0.2, -0.15) is 13.2 Å². The number of hydrogen-bond acceptors (Lipinski definition) is 2. The van der Waals surface area contributed by atoms with Crippen molar-refractivity contribution < 1.29 is 27.5 Å².